The van der Waals surface area contributed by atoms with Gasteiger partial charge in [0.2, 0.25) is 0 Å². The Bertz CT molecular complexity index is 1230. The van der Waals surface area contributed by atoms with Crippen molar-refractivity contribution in [3.05, 3.63) is 75.6 Å². The number of nitriles is 1. The monoisotopic (exact) mass is 432 g/mol. The summed E-state index contributed by atoms with van der Waals surface area (Å²) in [6, 6.07) is 16.8. The SMILES string of the molecule is CCOC(=O)c1ccc(-c2ccc(/C=C(\C#N)c3nc(-c4cccs4)cs3)o2)cc1. The van der Waals surface area contributed by atoms with Crippen molar-refractivity contribution in [2.24, 2.45) is 0 Å². The fourth-order valence-corrected chi connectivity index (χ4v) is 4.34. The van der Waals surface area contributed by atoms with Crippen LogP contribution in [0.15, 0.2) is 63.7 Å². The zero-order valence-electron chi connectivity index (χ0n) is 16.0. The van der Waals surface area contributed by atoms with Crippen LogP contribution in [0.2, 0.25) is 0 Å². The van der Waals surface area contributed by atoms with Gasteiger partial charge in [0.15, 0.2) is 0 Å². The number of thiazole rings is 1. The van der Waals surface area contributed by atoms with Crippen molar-refractivity contribution in [3.8, 4) is 28.0 Å². The molecule has 1 aromatic carbocycles. The fraction of sp³-hybridized carbons (Fsp3) is 0.0870. The van der Waals surface area contributed by atoms with Gasteiger partial charge >= 0.3 is 5.97 Å². The van der Waals surface area contributed by atoms with Crippen molar-refractivity contribution in [2.45, 2.75) is 6.92 Å². The summed E-state index contributed by atoms with van der Waals surface area (Å²) in [6.45, 7) is 2.11. The standard InChI is InChI=1S/C23H16N2O3S2/c1-2-27-23(26)16-7-5-15(6-8-16)20-10-9-18(28-20)12-17(13-24)22-25-19(14-30-22)21-4-3-11-29-21/h3-12,14H,2H2,1H3/b17-12+. The van der Waals surface area contributed by atoms with Crippen LogP contribution >= 0.6 is 22.7 Å². The maximum absolute atomic E-state index is 11.8. The number of carbonyl (C=O) groups is 1. The summed E-state index contributed by atoms with van der Waals surface area (Å²) in [5.41, 5.74) is 2.63. The number of hydrogen-bond donors (Lipinski definition) is 0. The molecule has 0 saturated heterocycles. The molecule has 0 unspecified atom stereocenters. The van der Waals surface area contributed by atoms with Gasteiger partial charge in [0.25, 0.3) is 0 Å². The van der Waals surface area contributed by atoms with Gasteiger partial charge in [-0.3, -0.25) is 0 Å². The molecule has 30 heavy (non-hydrogen) atoms. The fourth-order valence-electron chi connectivity index (χ4n) is 2.79. The zero-order chi connectivity index (χ0) is 20.9. The Balaban J connectivity index is 1.55. The van der Waals surface area contributed by atoms with Gasteiger partial charge in [-0.2, -0.15) is 5.26 Å². The lowest BCUT2D eigenvalue weighted by molar-refractivity contribution is 0.0526. The molecule has 0 amide bonds. The molecule has 0 aliphatic rings. The lowest BCUT2D eigenvalue weighted by Crippen LogP contribution is -2.03. The highest BCUT2D eigenvalue weighted by Crippen LogP contribution is 2.30. The van der Waals surface area contributed by atoms with E-state index in [0.29, 0.717) is 34.3 Å². The largest absolute Gasteiger partial charge is 0.462 e. The van der Waals surface area contributed by atoms with Crippen LogP contribution in [-0.2, 0) is 4.74 Å². The van der Waals surface area contributed by atoms with E-state index in [9.17, 15) is 10.1 Å². The highest BCUT2D eigenvalue weighted by Gasteiger charge is 2.12. The van der Waals surface area contributed by atoms with E-state index in [1.54, 1.807) is 54.7 Å². The minimum Gasteiger partial charge on any atom is -0.462 e. The number of thiophene rings is 1. The van der Waals surface area contributed by atoms with Gasteiger partial charge in [-0.25, -0.2) is 9.78 Å². The van der Waals surface area contributed by atoms with Gasteiger partial charge in [-0.05, 0) is 42.6 Å². The summed E-state index contributed by atoms with van der Waals surface area (Å²) in [5, 5.41) is 14.2. The van der Waals surface area contributed by atoms with Gasteiger partial charge in [-0.1, -0.05) is 18.2 Å². The van der Waals surface area contributed by atoms with Crippen molar-refractivity contribution in [3.63, 3.8) is 0 Å². The summed E-state index contributed by atoms with van der Waals surface area (Å²) in [5.74, 6) is 0.854. The molecule has 4 rings (SSSR count). The minimum atomic E-state index is -0.351. The molecular formula is C23H16N2O3S2. The summed E-state index contributed by atoms with van der Waals surface area (Å²) in [7, 11) is 0. The van der Waals surface area contributed by atoms with Crippen LogP contribution in [0.5, 0.6) is 0 Å². The van der Waals surface area contributed by atoms with Crippen LogP contribution in [0.25, 0.3) is 33.5 Å². The molecule has 4 aromatic rings. The molecule has 7 heteroatoms. The second-order valence-corrected chi connectivity index (χ2v) is 7.99. The molecule has 0 aliphatic heterocycles. The van der Waals surface area contributed by atoms with E-state index in [0.717, 1.165) is 16.1 Å². The van der Waals surface area contributed by atoms with Gasteiger partial charge in [0.05, 0.1) is 28.3 Å². The second-order valence-electron chi connectivity index (χ2n) is 6.18. The van der Waals surface area contributed by atoms with E-state index >= 15 is 0 Å². The molecule has 0 atom stereocenters. The molecular weight excluding hydrogens is 416 g/mol. The lowest BCUT2D eigenvalue weighted by atomic mass is 10.1. The number of furan rings is 1. The quantitative estimate of drug-likeness (QED) is 0.261. The Morgan fingerprint density at radius 1 is 1.20 bits per heavy atom. The predicted molar refractivity (Wildman–Crippen MR) is 119 cm³/mol. The molecule has 0 spiro atoms. The van der Waals surface area contributed by atoms with Crippen LogP contribution in [0.3, 0.4) is 0 Å². The zero-order valence-corrected chi connectivity index (χ0v) is 17.6. The molecule has 0 aliphatic carbocycles. The number of esters is 1. The normalized spacial score (nSPS) is 11.3. The summed E-state index contributed by atoms with van der Waals surface area (Å²) in [4.78, 5) is 17.4. The van der Waals surface area contributed by atoms with Gasteiger partial charge < -0.3 is 9.15 Å². The van der Waals surface area contributed by atoms with E-state index < -0.39 is 0 Å². The highest BCUT2D eigenvalue weighted by molar-refractivity contribution is 7.14. The third kappa shape index (κ3) is 4.25. The Hall–Kier alpha value is -3.47. The molecule has 0 N–H and O–H groups in total. The molecule has 148 valence electrons. The van der Waals surface area contributed by atoms with E-state index in [2.05, 4.69) is 11.1 Å². The maximum Gasteiger partial charge on any atom is 0.338 e. The Kier molecular flexibility index (Phi) is 5.89. The van der Waals surface area contributed by atoms with E-state index in [1.165, 1.54) is 11.3 Å². The topological polar surface area (TPSA) is 76.1 Å². The smallest absolute Gasteiger partial charge is 0.338 e. The van der Waals surface area contributed by atoms with Crippen LogP contribution in [0.1, 0.15) is 28.0 Å². The molecule has 5 nitrogen and oxygen atoms in total. The van der Waals surface area contributed by atoms with Crippen LogP contribution in [0, 0.1) is 11.3 Å². The molecule has 0 saturated carbocycles. The Labute approximate surface area is 181 Å². The Morgan fingerprint density at radius 2 is 2.03 bits per heavy atom. The molecule has 0 radical (unpaired) electrons. The average Bonchev–Trinajstić information content (AvgIpc) is 3.54. The molecule has 3 aromatic heterocycles. The Morgan fingerprint density at radius 3 is 2.73 bits per heavy atom. The number of nitrogens with zero attached hydrogens (tertiary/aromatic N) is 2. The van der Waals surface area contributed by atoms with Crippen molar-refractivity contribution in [1.82, 2.24) is 4.98 Å². The molecule has 0 fully saturated rings. The van der Waals surface area contributed by atoms with Crippen molar-refractivity contribution < 1.29 is 13.9 Å². The van der Waals surface area contributed by atoms with Crippen LogP contribution in [-0.4, -0.2) is 17.6 Å². The maximum atomic E-state index is 11.8. The van der Waals surface area contributed by atoms with Gasteiger partial charge in [0, 0.05) is 17.0 Å². The van der Waals surface area contributed by atoms with Crippen LogP contribution in [0.4, 0.5) is 0 Å². The van der Waals surface area contributed by atoms with Crippen LogP contribution < -0.4 is 0 Å². The number of carbonyl (C=O) groups excluding carboxylic acids is 1. The van der Waals surface area contributed by atoms with Gasteiger partial charge in [0.1, 0.15) is 22.6 Å². The average molecular weight is 433 g/mol. The predicted octanol–water partition coefficient (Wildman–Crippen LogP) is 6.37. The molecule has 3 heterocycles. The second kappa shape index (κ2) is 8.91. The highest BCUT2D eigenvalue weighted by atomic mass is 32.1. The van der Waals surface area contributed by atoms with Crippen molar-refractivity contribution in [1.29, 1.82) is 5.26 Å². The molecule has 0 bridgehead atoms. The first kappa shape index (κ1) is 19.8. The number of benzene rings is 1. The minimum absolute atomic E-state index is 0.337. The third-order valence-corrected chi connectivity index (χ3v) is 5.99. The first-order chi connectivity index (χ1) is 14.7. The number of allylic oxidation sites excluding steroid dienone is 1. The van der Waals surface area contributed by atoms with E-state index in [1.807, 2.05) is 29.0 Å². The third-order valence-electron chi connectivity index (χ3n) is 4.22. The number of rotatable bonds is 6. The van der Waals surface area contributed by atoms with E-state index in [4.69, 9.17) is 9.15 Å². The summed E-state index contributed by atoms with van der Waals surface area (Å²) < 4.78 is 10.9. The van der Waals surface area contributed by atoms with Gasteiger partial charge in [-0.15, -0.1) is 22.7 Å². The van der Waals surface area contributed by atoms with Crippen molar-refractivity contribution >= 4 is 40.3 Å². The lowest BCUT2D eigenvalue weighted by Gasteiger charge is -2.02. The first-order valence-electron chi connectivity index (χ1n) is 9.17. The summed E-state index contributed by atoms with van der Waals surface area (Å²) >= 11 is 3.04. The summed E-state index contributed by atoms with van der Waals surface area (Å²) in [6.07, 6.45) is 1.69. The number of ether oxygens (including phenoxy) is 1. The number of aromatic nitrogens is 1. The first-order valence-corrected chi connectivity index (χ1v) is 10.9. The van der Waals surface area contributed by atoms with Crippen molar-refractivity contribution in [2.75, 3.05) is 6.61 Å². The number of hydrogen-bond acceptors (Lipinski definition) is 7. The van der Waals surface area contributed by atoms with E-state index in [-0.39, 0.29) is 5.97 Å².